The lowest BCUT2D eigenvalue weighted by atomic mass is 10.0. The number of esters is 1. The number of methoxy groups -OCH3 is 2. The number of carbonyl (C=O) groups excluding carboxylic acids is 1. The van der Waals surface area contributed by atoms with Gasteiger partial charge in [-0.3, -0.25) is 0 Å². The van der Waals surface area contributed by atoms with Gasteiger partial charge in [0.2, 0.25) is 10.0 Å². The highest BCUT2D eigenvalue weighted by Crippen LogP contribution is 2.33. The van der Waals surface area contributed by atoms with Crippen molar-refractivity contribution in [2.75, 3.05) is 14.2 Å². The number of sulfonamides is 1. The number of nitrogens with one attached hydrogen (secondary N) is 1. The highest BCUT2D eigenvalue weighted by atomic mass is 32.2. The van der Waals surface area contributed by atoms with E-state index < -0.39 is 16.0 Å². The van der Waals surface area contributed by atoms with Crippen LogP contribution in [0.1, 0.15) is 39.5 Å². The number of ether oxygens (including phenoxy) is 2. The molecular formula is C19H21NO5S. The highest BCUT2D eigenvalue weighted by molar-refractivity contribution is 7.89. The molecule has 1 N–H and O–H groups in total. The summed E-state index contributed by atoms with van der Waals surface area (Å²) in [6.07, 6.45) is 1.40. The van der Waals surface area contributed by atoms with Gasteiger partial charge in [-0.15, -0.1) is 0 Å². The second-order valence-corrected chi connectivity index (χ2v) is 7.93. The molecule has 0 bridgehead atoms. The van der Waals surface area contributed by atoms with E-state index in [4.69, 9.17) is 9.47 Å². The van der Waals surface area contributed by atoms with Crippen LogP contribution in [0.25, 0.3) is 0 Å². The molecule has 6 nitrogen and oxygen atoms in total. The lowest BCUT2D eigenvalue weighted by Gasteiger charge is -2.16. The molecule has 7 heteroatoms. The maximum Gasteiger partial charge on any atom is 0.337 e. The standard InChI is InChI=1S/C19H21NO5S/c1-12-10-15(24-2)7-9-18(12)26(22,23)20-17-8-6-13-4-5-14(11-16(13)17)19(21)25-3/h4-5,7,9-11,17,20H,6,8H2,1-3H3. The lowest BCUT2D eigenvalue weighted by molar-refractivity contribution is 0.0600. The molecule has 0 fully saturated rings. The number of aryl methyl sites for hydroxylation is 2. The van der Waals surface area contributed by atoms with Crippen LogP contribution in [0, 0.1) is 6.92 Å². The average molecular weight is 375 g/mol. The van der Waals surface area contributed by atoms with Crippen LogP contribution < -0.4 is 9.46 Å². The summed E-state index contributed by atoms with van der Waals surface area (Å²) in [6.45, 7) is 1.73. The molecule has 3 rings (SSSR count). The third-order valence-electron chi connectivity index (χ3n) is 4.61. The van der Waals surface area contributed by atoms with Crippen molar-refractivity contribution in [2.45, 2.75) is 30.7 Å². The van der Waals surface area contributed by atoms with Gasteiger partial charge in [-0.1, -0.05) is 6.07 Å². The first-order valence-corrected chi connectivity index (χ1v) is 9.72. The maximum atomic E-state index is 12.8. The summed E-state index contributed by atoms with van der Waals surface area (Å²) < 4.78 is 38.3. The van der Waals surface area contributed by atoms with E-state index >= 15 is 0 Å². The Bertz CT molecular complexity index is 952. The van der Waals surface area contributed by atoms with Gasteiger partial charge in [0.05, 0.1) is 24.7 Å². The van der Waals surface area contributed by atoms with E-state index in [0.29, 0.717) is 23.3 Å². The fraction of sp³-hybridized carbons (Fsp3) is 0.316. The molecule has 138 valence electrons. The predicted molar refractivity (Wildman–Crippen MR) is 96.9 cm³/mol. The van der Waals surface area contributed by atoms with E-state index in [9.17, 15) is 13.2 Å². The van der Waals surface area contributed by atoms with E-state index in [1.54, 1.807) is 31.2 Å². The van der Waals surface area contributed by atoms with E-state index in [2.05, 4.69) is 4.72 Å². The summed E-state index contributed by atoms with van der Waals surface area (Å²) in [6, 6.07) is 9.75. The van der Waals surface area contributed by atoms with Crippen molar-refractivity contribution < 1.29 is 22.7 Å². The fourth-order valence-corrected chi connectivity index (χ4v) is 4.75. The van der Waals surface area contributed by atoms with Crippen LogP contribution in [0.3, 0.4) is 0 Å². The van der Waals surface area contributed by atoms with Gasteiger partial charge >= 0.3 is 5.97 Å². The number of carbonyl (C=O) groups is 1. The molecular weight excluding hydrogens is 354 g/mol. The van der Waals surface area contributed by atoms with Crippen LogP contribution in [-0.2, 0) is 21.2 Å². The van der Waals surface area contributed by atoms with Crippen LogP contribution in [-0.4, -0.2) is 28.6 Å². The summed E-state index contributed by atoms with van der Waals surface area (Å²) in [7, 11) is -0.844. The monoisotopic (exact) mass is 375 g/mol. The smallest absolute Gasteiger partial charge is 0.337 e. The molecule has 0 aliphatic heterocycles. The molecule has 0 aromatic heterocycles. The van der Waals surface area contributed by atoms with Gasteiger partial charge in [0.1, 0.15) is 5.75 Å². The molecule has 0 radical (unpaired) electrons. The Hall–Kier alpha value is -2.38. The van der Waals surface area contributed by atoms with Crippen molar-refractivity contribution in [2.24, 2.45) is 0 Å². The van der Waals surface area contributed by atoms with E-state index in [1.165, 1.54) is 20.3 Å². The van der Waals surface area contributed by atoms with Gasteiger partial charge in [0.15, 0.2) is 0 Å². The Balaban J connectivity index is 1.90. The van der Waals surface area contributed by atoms with E-state index in [-0.39, 0.29) is 10.9 Å². The highest BCUT2D eigenvalue weighted by Gasteiger charge is 2.29. The molecule has 1 unspecified atom stereocenters. The van der Waals surface area contributed by atoms with Gasteiger partial charge in [0.25, 0.3) is 0 Å². The minimum atomic E-state index is -3.70. The van der Waals surface area contributed by atoms with Gasteiger partial charge in [-0.05, 0) is 66.8 Å². The zero-order chi connectivity index (χ0) is 18.9. The molecule has 26 heavy (non-hydrogen) atoms. The Morgan fingerprint density at radius 3 is 2.58 bits per heavy atom. The van der Waals surface area contributed by atoms with Crippen LogP contribution >= 0.6 is 0 Å². The molecule has 1 aliphatic rings. The second kappa shape index (κ2) is 7.09. The van der Waals surface area contributed by atoms with Crippen molar-refractivity contribution in [3.8, 4) is 5.75 Å². The first kappa shape index (κ1) is 18.4. The quantitative estimate of drug-likeness (QED) is 0.813. The normalized spacial score (nSPS) is 16.2. The number of hydrogen-bond acceptors (Lipinski definition) is 5. The van der Waals surface area contributed by atoms with Crippen LogP contribution in [0.15, 0.2) is 41.3 Å². The van der Waals surface area contributed by atoms with E-state index in [1.807, 2.05) is 6.07 Å². The Morgan fingerprint density at radius 1 is 1.15 bits per heavy atom. The van der Waals surface area contributed by atoms with Crippen molar-refractivity contribution in [1.29, 1.82) is 0 Å². The average Bonchev–Trinajstić information content (AvgIpc) is 3.02. The molecule has 1 atom stereocenters. The number of benzene rings is 2. The van der Waals surface area contributed by atoms with E-state index in [0.717, 1.165) is 17.5 Å². The zero-order valence-corrected chi connectivity index (χ0v) is 15.7. The summed E-state index contributed by atoms with van der Waals surface area (Å²) in [5.74, 6) is 0.169. The summed E-state index contributed by atoms with van der Waals surface area (Å²) >= 11 is 0. The predicted octanol–water partition coefficient (Wildman–Crippen LogP) is 2.76. The lowest BCUT2D eigenvalue weighted by Crippen LogP contribution is -2.28. The Morgan fingerprint density at radius 2 is 1.92 bits per heavy atom. The van der Waals surface area contributed by atoms with Crippen molar-refractivity contribution in [3.63, 3.8) is 0 Å². The minimum Gasteiger partial charge on any atom is -0.497 e. The summed E-state index contributed by atoms with van der Waals surface area (Å²) in [4.78, 5) is 12.0. The van der Waals surface area contributed by atoms with Crippen molar-refractivity contribution in [3.05, 3.63) is 58.7 Å². The Kier molecular flexibility index (Phi) is 5.02. The van der Waals surface area contributed by atoms with Gasteiger partial charge in [-0.2, -0.15) is 0 Å². The zero-order valence-electron chi connectivity index (χ0n) is 14.9. The molecule has 2 aromatic carbocycles. The first-order chi connectivity index (χ1) is 12.4. The molecule has 2 aromatic rings. The molecule has 1 aliphatic carbocycles. The van der Waals surface area contributed by atoms with Gasteiger partial charge in [0, 0.05) is 6.04 Å². The molecule has 0 heterocycles. The van der Waals surface area contributed by atoms with Crippen LogP contribution in [0.4, 0.5) is 0 Å². The maximum absolute atomic E-state index is 12.8. The Labute approximate surface area is 153 Å². The minimum absolute atomic E-state index is 0.218. The fourth-order valence-electron chi connectivity index (χ4n) is 3.27. The molecule has 0 saturated heterocycles. The third kappa shape index (κ3) is 3.45. The summed E-state index contributed by atoms with van der Waals surface area (Å²) in [5.41, 5.74) is 2.89. The topological polar surface area (TPSA) is 81.7 Å². The SMILES string of the molecule is COC(=O)c1ccc2c(c1)C(NS(=O)(=O)c1ccc(OC)cc1C)CC2. The number of rotatable bonds is 5. The van der Waals surface area contributed by atoms with Gasteiger partial charge in [-0.25, -0.2) is 17.9 Å². The molecule has 0 saturated carbocycles. The van der Waals surface area contributed by atoms with Crippen LogP contribution in [0.5, 0.6) is 5.75 Å². The number of fused-ring (bicyclic) bond motifs is 1. The second-order valence-electron chi connectivity index (χ2n) is 6.25. The summed E-state index contributed by atoms with van der Waals surface area (Å²) in [5, 5.41) is 0. The van der Waals surface area contributed by atoms with Gasteiger partial charge < -0.3 is 9.47 Å². The first-order valence-electron chi connectivity index (χ1n) is 8.24. The number of hydrogen-bond donors (Lipinski definition) is 1. The largest absolute Gasteiger partial charge is 0.497 e. The molecule has 0 amide bonds. The van der Waals surface area contributed by atoms with Crippen LogP contribution in [0.2, 0.25) is 0 Å². The third-order valence-corrected chi connectivity index (χ3v) is 6.25. The van der Waals surface area contributed by atoms with Crippen molar-refractivity contribution >= 4 is 16.0 Å². The van der Waals surface area contributed by atoms with Crippen molar-refractivity contribution in [1.82, 2.24) is 4.72 Å². The molecule has 0 spiro atoms.